The topological polar surface area (TPSA) is 23.8 Å². The molecule has 2 fully saturated rings. The molecule has 2 aliphatic carbocycles. The molecular formula is C13H21N. The van der Waals surface area contributed by atoms with Crippen molar-refractivity contribution in [3.05, 3.63) is 0 Å². The molecule has 2 aliphatic rings. The zero-order valence-electron chi connectivity index (χ0n) is 9.10. The number of nitrogens with zero attached hydrogens (tertiary/aromatic N) is 1. The SMILES string of the molecule is N#CC1(C2CCCCCC2)CCCC1. The van der Waals surface area contributed by atoms with Gasteiger partial charge in [0.1, 0.15) is 0 Å². The van der Waals surface area contributed by atoms with Crippen molar-refractivity contribution in [3.8, 4) is 6.07 Å². The standard InChI is InChI=1S/C13H21N/c14-11-13(9-5-6-10-13)12-7-3-1-2-4-8-12/h12H,1-10H2. The monoisotopic (exact) mass is 191 g/mol. The first-order valence-electron chi connectivity index (χ1n) is 6.29. The van der Waals surface area contributed by atoms with Gasteiger partial charge in [-0.25, -0.2) is 0 Å². The summed E-state index contributed by atoms with van der Waals surface area (Å²) in [4.78, 5) is 0. The summed E-state index contributed by atoms with van der Waals surface area (Å²) in [6.07, 6.45) is 13.2. The van der Waals surface area contributed by atoms with E-state index in [0.29, 0.717) is 0 Å². The number of rotatable bonds is 1. The fraction of sp³-hybridized carbons (Fsp3) is 0.923. The highest BCUT2D eigenvalue weighted by molar-refractivity contribution is 5.05. The van der Waals surface area contributed by atoms with E-state index in [2.05, 4.69) is 6.07 Å². The third kappa shape index (κ3) is 1.80. The molecule has 0 unspecified atom stereocenters. The van der Waals surface area contributed by atoms with Crippen LogP contribution in [0.2, 0.25) is 0 Å². The minimum atomic E-state index is 0.102. The number of hydrogen-bond donors (Lipinski definition) is 0. The molecule has 2 saturated carbocycles. The van der Waals surface area contributed by atoms with Gasteiger partial charge in [0.05, 0.1) is 11.5 Å². The zero-order valence-corrected chi connectivity index (χ0v) is 9.10. The van der Waals surface area contributed by atoms with E-state index in [-0.39, 0.29) is 5.41 Å². The lowest BCUT2D eigenvalue weighted by atomic mass is 9.71. The van der Waals surface area contributed by atoms with Gasteiger partial charge in [0.25, 0.3) is 0 Å². The van der Waals surface area contributed by atoms with Gasteiger partial charge in [-0.15, -0.1) is 0 Å². The van der Waals surface area contributed by atoms with E-state index in [1.807, 2.05) is 0 Å². The van der Waals surface area contributed by atoms with Crippen LogP contribution in [0.1, 0.15) is 64.2 Å². The minimum Gasteiger partial charge on any atom is -0.198 e. The number of nitriles is 1. The molecule has 0 saturated heterocycles. The summed E-state index contributed by atoms with van der Waals surface area (Å²) in [5.41, 5.74) is 0.102. The summed E-state index contributed by atoms with van der Waals surface area (Å²) in [6.45, 7) is 0. The molecule has 0 aromatic carbocycles. The normalized spacial score (nSPS) is 28.2. The van der Waals surface area contributed by atoms with Crippen LogP contribution in [0.4, 0.5) is 0 Å². The van der Waals surface area contributed by atoms with Gasteiger partial charge < -0.3 is 0 Å². The summed E-state index contributed by atoms with van der Waals surface area (Å²) in [7, 11) is 0. The number of hydrogen-bond acceptors (Lipinski definition) is 1. The summed E-state index contributed by atoms with van der Waals surface area (Å²) in [5, 5.41) is 9.41. The Balaban J connectivity index is 2.06. The first-order chi connectivity index (χ1) is 6.87. The molecule has 0 aromatic heterocycles. The Morgan fingerprint density at radius 1 is 0.857 bits per heavy atom. The molecule has 0 radical (unpaired) electrons. The highest BCUT2D eigenvalue weighted by Crippen LogP contribution is 2.48. The van der Waals surface area contributed by atoms with Gasteiger partial charge >= 0.3 is 0 Å². The van der Waals surface area contributed by atoms with Gasteiger partial charge in [0.15, 0.2) is 0 Å². The van der Waals surface area contributed by atoms with Gasteiger partial charge in [-0.1, -0.05) is 38.5 Å². The van der Waals surface area contributed by atoms with E-state index < -0.39 is 0 Å². The summed E-state index contributed by atoms with van der Waals surface area (Å²) in [5.74, 6) is 0.734. The van der Waals surface area contributed by atoms with Crippen LogP contribution < -0.4 is 0 Å². The van der Waals surface area contributed by atoms with Crippen LogP contribution in [-0.2, 0) is 0 Å². The van der Waals surface area contributed by atoms with E-state index in [0.717, 1.165) is 5.92 Å². The van der Waals surface area contributed by atoms with E-state index in [9.17, 15) is 5.26 Å². The quantitative estimate of drug-likeness (QED) is 0.574. The van der Waals surface area contributed by atoms with Crippen LogP contribution in [0.15, 0.2) is 0 Å². The van der Waals surface area contributed by atoms with E-state index in [4.69, 9.17) is 0 Å². The van der Waals surface area contributed by atoms with E-state index >= 15 is 0 Å². The van der Waals surface area contributed by atoms with Crippen molar-refractivity contribution in [2.45, 2.75) is 64.2 Å². The Hall–Kier alpha value is -0.510. The summed E-state index contributed by atoms with van der Waals surface area (Å²) in [6, 6.07) is 2.67. The van der Waals surface area contributed by atoms with Crippen molar-refractivity contribution in [1.82, 2.24) is 0 Å². The van der Waals surface area contributed by atoms with Crippen molar-refractivity contribution in [1.29, 1.82) is 5.26 Å². The van der Waals surface area contributed by atoms with Gasteiger partial charge in [-0.05, 0) is 31.6 Å². The first-order valence-corrected chi connectivity index (χ1v) is 6.29. The Morgan fingerprint density at radius 3 is 1.93 bits per heavy atom. The largest absolute Gasteiger partial charge is 0.198 e. The van der Waals surface area contributed by atoms with Crippen molar-refractivity contribution < 1.29 is 0 Å². The molecule has 1 nitrogen and oxygen atoms in total. The maximum atomic E-state index is 9.41. The van der Waals surface area contributed by atoms with Crippen molar-refractivity contribution in [2.24, 2.45) is 11.3 Å². The molecule has 1 heteroatoms. The predicted molar refractivity (Wildman–Crippen MR) is 57.7 cm³/mol. The lowest BCUT2D eigenvalue weighted by molar-refractivity contribution is 0.219. The van der Waals surface area contributed by atoms with E-state index in [1.54, 1.807) is 0 Å². The molecule has 0 heterocycles. The first kappa shape index (κ1) is 10.0. The second kappa shape index (κ2) is 4.34. The van der Waals surface area contributed by atoms with Gasteiger partial charge in [0, 0.05) is 0 Å². The Morgan fingerprint density at radius 2 is 1.43 bits per heavy atom. The molecule has 0 aromatic rings. The van der Waals surface area contributed by atoms with Gasteiger partial charge in [0.2, 0.25) is 0 Å². The highest BCUT2D eigenvalue weighted by atomic mass is 14.5. The smallest absolute Gasteiger partial charge is 0.0692 e. The van der Waals surface area contributed by atoms with Crippen LogP contribution in [-0.4, -0.2) is 0 Å². The summed E-state index contributed by atoms with van der Waals surface area (Å²) >= 11 is 0. The van der Waals surface area contributed by atoms with Gasteiger partial charge in [-0.3, -0.25) is 0 Å². The van der Waals surface area contributed by atoms with Gasteiger partial charge in [-0.2, -0.15) is 5.26 Å². The molecule has 0 bridgehead atoms. The molecular weight excluding hydrogens is 170 g/mol. The zero-order chi connectivity index (χ0) is 9.86. The molecule has 78 valence electrons. The van der Waals surface area contributed by atoms with Crippen molar-refractivity contribution >= 4 is 0 Å². The van der Waals surface area contributed by atoms with E-state index in [1.165, 1.54) is 64.2 Å². The molecule has 0 spiro atoms. The Kier molecular flexibility index (Phi) is 3.11. The fourth-order valence-electron chi connectivity index (χ4n) is 3.45. The maximum absolute atomic E-state index is 9.41. The summed E-state index contributed by atoms with van der Waals surface area (Å²) < 4.78 is 0. The van der Waals surface area contributed by atoms with Crippen LogP contribution in [0.25, 0.3) is 0 Å². The molecule has 0 amide bonds. The predicted octanol–water partition coefficient (Wildman–Crippen LogP) is 4.04. The lowest BCUT2D eigenvalue weighted by Crippen LogP contribution is -2.25. The molecule has 2 rings (SSSR count). The van der Waals surface area contributed by atoms with Crippen LogP contribution in [0.3, 0.4) is 0 Å². The second-order valence-electron chi connectivity index (χ2n) is 5.16. The maximum Gasteiger partial charge on any atom is 0.0692 e. The molecule has 0 N–H and O–H groups in total. The van der Waals surface area contributed by atoms with Crippen molar-refractivity contribution in [3.63, 3.8) is 0 Å². The second-order valence-corrected chi connectivity index (χ2v) is 5.16. The third-order valence-corrected chi connectivity index (χ3v) is 4.36. The molecule has 0 aliphatic heterocycles. The van der Waals surface area contributed by atoms with Crippen LogP contribution >= 0.6 is 0 Å². The van der Waals surface area contributed by atoms with Crippen molar-refractivity contribution in [2.75, 3.05) is 0 Å². The fourth-order valence-corrected chi connectivity index (χ4v) is 3.45. The minimum absolute atomic E-state index is 0.102. The molecule has 14 heavy (non-hydrogen) atoms. The lowest BCUT2D eigenvalue weighted by Gasteiger charge is -2.30. The average molecular weight is 191 g/mol. The van der Waals surface area contributed by atoms with Crippen LogP contribution in [0.5, 0.6) is 0 Å². The average Bonchev–Trinajstić information content (AvgIpc) is 2.54. The highest BCUT2D eigenvalue weighted by Gasteiger charge is 2.41. The molecule has 0 atom stereocenters. The van der Waals surface area contributed by atoms with Crippen LogP contribution in [0, 0.1) is 22.7 Å². The Labute approximate surface area is 87.5 Å². The third-order valence-electron chi connectivity index (χ3n) is 4.36. The Bertz CT molecular complexity index is 212.